The van der Waals surface area contributed by atoms with Crippen molar-refractivity contribution in [2.45, 2.75) is 19.8 Å². The van der Waals surface area contributed by atoms with E-state index in [1.807, 2.05) is 5.38 Å². The van der Waals surface area contributed by atoms with Crippen molar-refractivity contribution >= 4 is 34.0 Å². The second-order valence-electron chi connectivity index (χ2n) is 4.03. The highest BCUT2D eigenvalue weighted by Gasteiger charge is 2.13. The number of hydrogen-bond donors (Lipinski definition) is 1. The fraction of sp³-hybridized carbons (Fsp3) is 0.250. The van der Waals surface area contributed by atoms with Crippen LogP contribution >= 0.6 is 22.9 Å². The Morgan fingerprint density at radius 2 is 2.28 bits per heavy atom. The molecule has 0 saturated heterocycles. The van der Waals surface area contributed by atoms with E-state index in [0.717, 1.165) is 5.69 Å². The Labute approximate surface area is 114 Å². The minimum atomic E-state index is -0.294. The fourth-order valence-electron chi connectivity index (χ4n) is 1.33. The van der Waals surface area contributed by atoms with Gasteiger partial charge in [0, 0.05) is 11.6 Å². The summed E-state index contributed by atoms with van der Waals surface area (Å²) in [7, 11) is 0. The maximum absolute atomic E-state index is 11.9. The summed E-state index contributed by atoms with van der Waals surface area (Å²) >= 11 is 7.25. The van der Waals surface area contributed by atoms with Crippen LogP contribution in [0.25, 0.3) is 0 Å². The van der Waals surface area contributed by atoms with E-state index in [9.17, 15) is 4.79 Å². The Bertz CT molecular complexity index is 568. The quantitative estimate of drug-likeness (QED) is 0.875. The van der Waals surface area contributed by atoms with Gasteiger partial charge in [-0.15, -0.1) is 11.3 Å². The highest BCUT2D eigenvalue weighted by molar-refractivity contribution is 7.14. The number of nitrogens with zero attached hydrogens (tertiary/aromatic N) is 2. The van der Waals surface area contributed by atoms with Crippen LogP contribution in [0.15, 0.2) is 23.7 Å². The molecule has 1 N–H and O–H groups in total. The summed E-state index contributed by atoms with van der Waals surface area (Å²) in [5.74, 6) is 0.0478. The zero-order chi connectivity index (χ0) is 13.1. The SMILES string of the molecule is CC(C)c1csc(NC(=O)c2cccnc2Cl)n1. The summed E-state index contributed by atoms with van der Waals surface area (Å²) in [6.07, 6.45) is 1.54. The third-order valence-corrected chi connectivity index (χ3v) is 3.41. The lowest BCUT2D eigenvalue weighted by molar-refractivity contribution is 0.102. The third-order valence-electron chi connectivity index (χ3n) is 2.34. The molecular formula is C12H12ClN3OS. The maximum atomic E-state index is 11.9. The van der Waals surface area contributed by atoms with Gasteiger partial charge in [-0.25, -0.2) is 9.97 Å². The lowest BCUT2D eigenvalue weighted by Gasteiger charge is -2.03. The molecular weight excluding hydrogens is 270 g/mol. The number of carbonyl (C=O) groups excluding carboxylic acids is 1. The molecule has 0 aliphatic rings. The van der Waals surface area contributed by atoms with E-state index in [0.29, 0.717) is 16.6 Å². The molecule has 2 aromatic rings. The summed E-state index contributed by atoms with van der Waals surface area (Å²) in [6, 6.07) is 3.30. The summed E-state index contributed by atoms with van der Waals surface area (Å²) in [4.78, 5) is 20.1. The number of nitrogens with one attached hydrogen (secondary N) is 1. The predicted molar refractivity (Wildman–Crippen MR) is 73.4 cm³/mol. The van der Waals surface area contributed by atoms with E-state index in [4.69, 9.17) is 11.6 Å². The van der Waals surface area contributed by atoms with Crippen molar-refractivity contribution < 1.29 is 4.79 Å². The zero-order valence-corrected chi connectivity index (χ0v) is 11.5. The fourth-order valence-corrected chi connectivity index (χ4v) is 2.40. The van der Waals surface area contributed by atoms with E-state index in [2.05, 4.69) is 29.1 Å². The van der Waals surface area contributed by atoms with Crippen LogP contribution in [0.5, 0.6) is 0 Å². The maximum Gasteiger partial charge on any atom is 0.260 e. The number of hydrogen-bond acceptors (Lipinski definition) is 4. The van der Waals surface area contributed by atoms with E-state index in [1.165, 1.54) is 11.3 Å². The number of halogens is 1. The van der Waals surface area contributed by atoms with E-state index in [1.54, 1.807) is 18.3 Å². The topological polar surface area (TPSA) is 54.9 Å². The van der Waals surface area contributed by atoms with Gasteiger partial charge >= 0.3 is 0 Å². The molecule has 4 nitrogen and oxygen atoms in total. The minimum absolute atomic E-state index is 0.190. The number of amides is 1. The molecule has 0 atom stereocenters. The van der Waals surface area contributed by atoms with Gasteiger partial charge in [0.25, 0.3) is 5.91 Å². The molecule has 0 fully saturated rings. The summed E-state index contributed by atoms with van der Waals surface area (Å²) < 4.78 is 0. The smallest absolute Gasteiger partial charge is 0.260 e. The molecule has 0 unspecified atom stereocenters. The molecule has 6 heteroatoms. The molecule has 0 aromatic carbocycles. The highest BCUT2D eigenvalue weighted by atomic mass is 35.5. The van der Waals surface area contributed by atoms with Crippen LogP contribution in [0, 0.1) is 0 Å². The van der Waals surface area contributed by atoms with Gasteiger partial charge in [-0.3, -0.25) is 10.1 Å². The molecule has 18 heavy (non-hydrogen) atoms. The average Bonchev–Trinajstić information content (AvgIpc) is 2.78. The van der Waals surface area contributed by atoms with Crippen LogP contribution in [0.3, 0.4) is 0 Å². The number of aromatic nitrogens is 2. The third kappa shape index (κ3) is 2.86. The average molecular weight is 282 g/mol. The molecule has 0 aliphatic carbocycles. The van der Waals surface area contributed by atoms with E-state index < -0.39 is 0 Å². The summed E-state index contributed by atoms with van der Waals surface area (Å²) in [5.41, 5.74) is 1.31. The van der Waals surface area contributed by atoms with Gasteiger partial charge < -0.3 is 0 Å². The molecule has 0 bridgehead atoms. The first-order valence-corrected chi connectivity index (χ1v) is 6.71. The predicted octanol–water partition coefficient (Wildman–Crippen LogP) is 3.57. The van der Waals surface area contributed by atoms with Crippen LogP contribution in [-0.4, -0.2) is 15.9 Å². The Hall–Kier alpha value is -1.46. The molecule has 2 aromatic heterocycles. The van der Waals surface area contributed by atoms with Crippen molar-refractivity contribution in [1.82, 2.24) is 9.97 Å². The Morgan fingerprint density at radius 3 is 2.89 bits per heavy atom. The lowest BCUT2D eigenvalue weighted by atomic mass is 10.2. The first kappa shape index (κ1) is 13.0. The number of pyridine rings is 1. The minimum Gasteiger partial charge on any atom is -0.298 e. The van der Waals surface area contributed by atoms with Crippen LogP contribution in [-0.2, 0) is 0 Å². The molecule has 0 spiro atoms. The normalized spacial score (nSPS) is 10.7. The van der Waals surface area contributed by atoms with Crippen molar-refractivity contribution in [3.63, 3.8) is 0 Å². The van der Waals surface area contributed by atoms with Gasteiger partial charge in [-0.1, -0.05) is 25.4 Å². The molecule has 0 radical (unpaired) electrons. The van der Waals surface area contributed by atoms with E-state index in [-0.39, 0.29) is 11.1 Å². The highest BCUT2D eigenvalue weighted by Crippen LogP contribution is 2.22. The second kappa shape index (κ2) is 5.46. The van der Waals surface area contributed by atoms with Gasteiger partial charge in [0.05, 0.1) is 11.3 Å². The molecule has 94 valence electrons. The molecule has 0 saturated carbocycles. The standard InChI is InChI=1S/C12H12ClN3OS/c1-7(2)9-6-18-12(15-9)16-11(17)8-4-3-5-14-10(8)13/h3-7H,1-2H3,(H,15,16,17). The first-order valence-electron chi connectivity index (χ1n) is 5.45. The molecule has 2 rings (SSSR count). The number of carbonyl (C=O) groups is 1. The van der Waals surface area contributed by atoms with Crippen LogP contribution < -0.4 is 5.32 Å². The van der Waals surface area contributed by atoms with Crippen LogP contribution in [0.2, 0.25) is 5.15 Å². The van der Waals surface area contributed by atoms with Gasteiger partial charge in [0.1, 0.15) is 5.15 Å². The van der Waals surface area contributed by atoms with Gasteiger partial charge in [0.15, 0.2) is 5.13 Å². The second-order valence-corrected chi connectivity index (χ2v) is 5.24. The zero-order valence-electron chi connectivity index (χ0n) is 9.98. The van der Waals surface area contributed by atoms with Crippen molar-refractivity contribution in [3.8, 4) is 0 Å². The van der Waals surface area contributed by atoms with Crippen LogP contribution in [0.4, 0.5) is 5.13 Å². The molecule has 0 aliphatic heterocycles. The monoisotopic (exact) mass is 281 g/mol. The number of rotatable bonds is 3. The van der Waals surface area contributed by atoms with Crippen LogP contribution in [0.1, 0.15) is 35.8 Å². The van der Waals surface area contributed by atoms with E-state index >= 15 is 0 Å². The number of thiazole rings is 1. The first-order chi connectivity index (χ1) is 8.58. The summed E-state index contributed by atoms with van der Waals surface area (Å²) in [6.45, 7) is 4.11. The van der Waals surface area contributed by atoms with Crippen molar-refractivity contribution in [2.24, 2.45) is 0 Å². The van der Waals surface area contributed by atoms with Crippen molar-refractivity contribution in [1.29, 1.82) is 0 Å². The van der Waals surface area contributed by atoms with Crippen molar-refractivity contribution in [3.05, 3.63) is 40.1 Å². The Kier molecular flexibility index (Phi) is 3.93. The van der Waals surface area contributed by atoms with Gasteiger partial charge in [-0.2, -0.15) is 0 Å². The Morgan fingerprint density at radius 1 is 1.50 bits per heavy atom. The largest absolute Gasteiger partial charge is 0.298 e. The Balaban J connectivity index is 2.14. The molecule has 1 amide bonds. The van der Waals surface area contributed by atoms with Gasteiger partial charge in [0.2, 0.25) is 0 Å². The molecule has 2 heterocycles. The van der Waals surface area contributed by atoms with Gasteiger partial charge in [-0.05, 0) is 18.1 Å². The van der Waals surface area contributed by atoms with Crippen molar-refractivity contribution in [2.75, 3.05) is 5.32 Å². The summed E-state index contributed by atoms with van der Waals surface area (Å²) in [5, 5.41) is 5.42. The lowest BCUT2D eigenvalue weighted by Crippen LogP contribution is -2.12. The number of anilines is 1.